The van der Waals surface area contributed by atoms with E-state index in [0.29, 0.717) is 27.8 Å². The first-order valence-corrected chi connectivity index (χ1v) is 7.61. The molecule has 2 aromatic rings. The van der Waals surface area contributed by atoms with Crippen LogP contribution in [-0.4, -0.2) is 25.5 Å². The van der Waals surface area contributed by atoms with Crippen LogP contribution in [0.2, 0.25) is 5.02 Å². The van der Waals surface area contributed by atoms with Crippen LogP contribution in [-0.2, 0) is 9.59 Å². The molecule has 7 heteroatoms. The third kappa shape index (κ3) is 4.89. The summed E-state index contributed by atoms with van der Waals surface area (Å²) in [6.45, 7) is 1.45. The second-order valence-corrected chi connectivity index (χ2v) is 5.39. The lowest BCUT2D eigenvalue weighted by atomic mass is 10.2. The molecule has 0 atom stereocenters. The maximum atomic E-state index is 12.1. The number of methoxy groups -OCH3 is 1. The molecule has 6 nitrogen and oxygen atoms in total. The summed E-state index contributed by atoms with van der Waals surface area (Å²) in [5.41, 5.74) is 1.71. The number of rotatable bonds is 6. The Hall–Kier alpha value is -2.73. The van der Waals surface area contributed by atoms with Gasteiger partial charge in [-0.3, -0.25) is 9.59 Å². The quantitative estimate of drug-likeness (QED) is 0.748. The Bertz CT molecular complexity index is 750. The van der Waals surface area contributed by atoms with Crippen molar-refractivity contribution in [3.05, 3.63) is 47.5 Å². The third-order valence-corrected chi connectivity index (χ3v) is 3.44. The van der Waals surface area contributed by atoms with Crippen molar-refractivity contribution in [2.75, 3.05) is 29.6 Å². The van der Waals surface area contributed by atoms with Crippen molar-refractivity contribution in [2.45, 2.75) is 6.92 Å². The Kier molecular flexibility index (Phi) is 6.03. The largest absolute Gasteiger partial charge is 0.495 e. The molecule has 2 aromatic carbocycles. The Morgan fingerprint density at radius 2 is 1.83 bits per heavy atom. The number of halogens is 1. The summed E-state index contributed by atoms with van der Waals surface area (Å²) in [4.78, 5) is 23.3. The lowest BCUT2D eigenvalue weighted by Crippen LogP contribution is -2.22. The normalized spacial score (nSPS) is 9.96. The molecule has 24 heavy (non-hydrogen) atoms. The van der Waals surface area contributed by atoms with E-state index in [1.807, 2.05) is 12.1 Å². The molecular weight excluding hydrogens is 330 g/mol. The topological polar surface area (TPSA) is 79.5 Å². The first-order valence-electron chi connectivity index (χ1n) is 7.23. The number of para-hydroxylation sites is 1. The molecule has 3 N–H and O–H groups in total. The maximum Gasteiger partial charge on any atom is 0.243 e. The Labute approximate surface area is 145 Å². The molecular formula is C17H18ClN3O3. The maximum absolute atomic E-state index is 12.1. The number of amides is 2. The van der Waals surface area contributed by atoms with Gasteiger partial charge in [-0.2, -0.15) is 0 Å². The summed E-state index contributed by atoms with van der Waals surface area (Å²) in [6.07, 6.45) is 0. The minimum absolute atomic E-state index is 0.0389. The fraction of sp³-hybridized carbons (Fsp3) is 0.176. The van der Waals surface area contributed by atoms with Gasteiger partial charge >= 0.3 is 0 Å². The fourth-order valence-corrected chi connectivity index (χ4v) is 2.26. The van der Waals surface area contributed by atoms with E-state index in [4.69, 9.17) is 16.3 Å². The van der Waals surface area contributed by atoms with Gasteiger partial charge in [0.15, 0.2) is 0 Å². The Morgan fingerprint density at radius 3 is 2.50 bits per heavy atom. The van der Waals surface area contributed by atoms with E-state index in [1.54, 1.807) is 30.3 Å². The van der Waals surface area contributed by atoms with Gasteiger partial charge in [0, 0.05) is 12.6 Å². The van der Waals surface area contributed by atoms with Crippen molar-refractivity contribution in [1.82, 2.24) is 0 Å². The average molecular weight is 348 g/mol. The van der Waals surface area contributed by atoms with Crippen molar-refractivity contribution < 1.29 is 14.3 Å². The number of benzene rings is 2. The highest BCUT2D eigenvalue weighted by atomic mass is 35.5. The summed E-state index contributed by atoms with van der Waals surface area (Å²) >= 11 is 6.03. The first kappa shape index (κ1) is 17.6. The van der Waals surface area contributed by atoms with Crippen LogP contribution in [0.3, 0.4) is 0 Å². The highest BCUT2D eigenvalue weighted by Crippen LogP contribution is 2.28. The average Bonchev–Trinajstić information content (AvgIpc) is 2.54. The molecule has 0 saturated carbocycles. The van der Waals surface area contributed by atoms with Crippen LogP contribution in [0.15, 0.2) is 42.5 Å². The molecule has 0 radical (unpaired) electrons. The van der Waals surface area contributed by atoms with Gasteiger partial charge in [0.05, 0.1) is 30.1 Å². The molecule has 0 unspecified atom stereocenters. The molecule has 0 spiro atoms. The molecule has 0 aromatic heterocycles. The number of ether oxygens (including phenoxy) is 1. The SMILES string of the molecule is COc1ccc(NC(C)=O)cc1NC(=O)CNc1ccccc1Cl. The number of carbonyl (C=O) groups is 2. The van der Waals surface area contributed by atoms with E-state index in [1.165, 1.54) is 14.0 Å². The van der Waals surface area contributed by atoms with Gasteiger partial charge in [-0.05, 0) is 30.3 Å². The molecule has 2 amide bonds. The number of hydrogen-bond acceptors (Lipinski definition) is 4. The number of nitrogens with one attached hydrogen (secondary N) is 3. The first-order chi connectivity index (χ1) is 11.5. The zero-order chi connectivity index (χ0) is 17.5. The van der Waals surface area contributed by atoms with E-state index in [9.17, 15) is 9.59 Å². The minimum atomic E-state index is -0.270. The van der Waals surface area contributed by atoms with E-state index < -0.39 is 0 Å². The van der Waals surface area contributed by atoms with Gasteiger partial charge in [-0.1, -0.05) is 23.7 Å². The lowest BCUT2D eigenvalue weighted by Gasteiger charge is -2.13. The number of hydrogen-bond donors (Lipinski definition) is 3. The summed E-state index contributed by atoms with van der Waals surface area (Å²) in [5.74, 6) is 0.0289. The van der Waals surface area contributed by atoms with Gasteiger partial charge in [0.25, 0.3) is 0 Å². The molecule has 0 aliphatic heterocycles. The number of carbonyl (C=O) groups excluding carboxylic acids is 2. The molecule has 126 valence electrons. The molecule has 0 saturated heterocycles. The van der Waals surface area contributed by atoms with E-state index in [0.717, 1.165) is 0 Å². The molecule has 2 rings (SSSR count). The van der Waals surface area contributed by atoms with Crippen LogP contribution in [0.5, 0.6) is 5.75 Å². The van der Waals surface area contributed by atoms with Crippen molar-refractivity contribution >= 4 is 40.5 Å². The van der Waals surface area contributed by atoms with Crippen molar-refractivity contribution in [2.24, 2.45) is 0 Å². The van der Waals surface area contributed by atoms with Crippen LogP contribution < -0.4 is 20.7 Å². The predicted octanol–water partition coefficient (Wildman–Crippen LogP) is 3.36. The number of anilines is 3. The monoisotopic (exact) mass is 347 g/mol. The van der Waals surface area contributed by atoms with Crippen LogP contribution in [0.1, 0.15) is 6.92 Å². The highest BCUT2D eigenvalue weighted by molar-refractivity contribution is 6.33. The van der Waals surface area contributed by atoms with Crippen LogP contribution in [0, 0.1) is 0 Å². The summed E-state index contributed by atoms with van der Waals surface area (Å²) in [7, 11) is 1.51. The third-order valence-electron chi connectivity index (χ3n) is 3.11. The molecule has 0 aliphatic carbocycles. The standard InChI is InChI=1S/C17H18ClN3O3/c1-11(22)20-12-7-8-16(24-2)15(9-12)21-17(23)10-19-14-6-4-3-5-13(14)18/h3-9,19H,10H2,1-2H3,(H,20,22)(H,21,23). The van der Waals surface area contributed by atoms with E-state index >= 15 is 0 Å². The minimum Gasteiger partial charge on any atom is -0.495 e. The summed E-state index contributed by atoms with van der Waals surface area (Å²) < 4.78 is 5.22. The van der Waals surface area contributed by atoms with Gasteiger partial charge in [-0.25, -0.2) is 0 Å². The molecule has 0 aliphatic rings. The van der Waals surface area contributed by atoms with E-state index in [2.05, 4.69) is 16.0 Å². The summed E-state index contributed by atoms with van der Waals surface area (Å²) in [6, 6.07) is 12.2. The Balaban J connectivity index is 2.04. The van der Waals surface area contributed by atoms with Crippen molar-refractivity contribution in [1.29, 1.82) is 0 Å². The van der Waals surface area contributed by atoms with Crippen molar-refractivity contribution in [3.63, 3.8) is 0 Å². The Morgan fingerprint density at radius 1 is 1.08 bits per heavy atom. The zero-order valence-electron chi connectivity index (χ0n) is 13.4. The second kappa shape index (κ2) is 8.21. The zero-order valence-corrected chi connectivity index (χ0v) is 14.1. The lowest BCUT2D eigenvalue weighted by molar-refractivity contribution is -0.115. The predicted molar refractivity (Wildman–Crippen MR) is 95.9 cm³/mol. The van der Waals surface area contributed by atoms with Gasteiger partial charge in [0.2, 0.25) is 11.8 Å². The van der Waals surface area contributed by atoms with Gasteiger partial charge < -0.3 is 20.7 Å². The second-order valence-electron chi connectivity index (χ2n) is 4.98. The van der Waals surface area contributed by atoms with E-state index in [-0.39, 0.29) is 18.4 Å². The van der Waals surface area contributed by atoms with Gasteiger partial charge in [-0.15, -0.1) is 0 Å². The van der Waals surface area contributed by atoms with Crippen LogP contribution in [0.25, 0.3) is 0 Å². The fourth-order valence-electron chi connectivity index (χ4n) is 2.06. The van der Waals surface area contributed by atoms with Crippen molar-refractivity contribution in [3.8, 4) is 5.75 Å². The smallest absolute Gasteiger partial charge is 0.243 e. The van der Waals surface area contributed by atoms with Crippen LogP contribution in [0.4, 0.5) is 17.1 Å². The molecule has 0 bridgehead atoms. The highest BCUT2D eigenvalue weighted by Gasteiger charge is 2.10. The molecule has 0 heterocycles. The molecule has 0 fully saturated rings. The van der Waals surface area contributed by atoms with Crippen LogP contribution >= 0.6 is 11.6 Å². The summed E-state index contributed by atoms with van der Waals surface area (Å²) in [5, 5.41) is 8.90. The van der Waals surface area contributed by atoms with Gasteiger partial charge in [0.1, 0.15) is 5.75 Å².